The van der Waals surface area contributed by atoms with Gasteiger partial charge in [0.25, 0.3) is 0 Å². The Hall–Kier alpha value is -0.310. The van der Waals surface area contributed by atoms with Gasteiger partial charge in [-0.25, -0.2) is 18.1 Å². The molecule has 1 aromatic rings. The van der Waals surface area contributed by atoms with Crippen LogP contribution in [0.25, 0.3) is 0 Å². The summed E-state index contributed by atoms with van der Waals surface area (Å²) >= 11 is 4.86. The molecule has 1 heterocycles. The lowest BCUT2D eigenvalue weighted by Gasteiger charge is -2.14. The summed E-state index contributed by atoms with van der Waals surface area (Å²) in [7, 11) is -3.62. The van der Waals surface area contributed by atoms with Crippen LogP contribution in [0, 0.1) is 0 Å². The third-order valence-electron chi connectivity index (χ3n) is 2.07. The molecule has 0 saturated carbocycles. The summed E-state index contributed by atoms with van der Waals surface area (Å²) in [4.78, 5) is 3.83. The van der Waals surface area contributed by atoms with Crippen LogP contribution in [-0.2, 0) is 10.0 Å². The number of halogens is 1. The molecule has 0 saturated heterocycles. The van der Waals surface area contributed by atoms with Gasteiger partial charge in [0.15, 0.2) is 0 Å². The normalized spacial score (nSPS) is 13.5. The van der Waals surface area contributed by atoms with Gasteiger partial charge in [-0.15, -0.1) is 0 Å². The summed E-state index contributed by atoms with van der Waals surface area (Å²) < 4.78 is 27.4. The van der Waals surface area contributed by atoms with Gasteiger partial charge in [-0.1, -0.05) is 6.92 Å². The average molecular weight is 354 g/mol. The molecular weight excluding hydrogens is 338 g/mol. The Labute approximate surface area is 120 Å². The molecule has 1 aromatic heterocycles. The van der Waals surface area contributed by atoms with Gasteiger partial charge in [-0.2, -0.15) is 11.8 Å². The molecule has 102 valence electrons. The van der Waals surface area contributed by atoms with E-state index in [1.807, 2.05) is 13.8 Å². The highest BCUT2D eigenvalue weighted by Gasteiger charge is 2.21. The van der Waals surface area contributed by atoms with Crippen LogP contribution in [-0.4, -0.2) is 30.9 Å². The SMILES string of the molecule is CCSCC(C)NS(=O)(=O)c1cc(Br)cnc1N. The van der Waals surface area contributed by atoms with E-state index < -0.39 is 10.0 Å². The standard InChI is InChI=1S/C10H16BrN3O2S2/c1-3-17-6-7(2)14-18(15,16)9-4-8(11)5-13-10(9)12/h4-5,7,14H,3,6H2,1-2H3,(H2,12,13). The van der Waals surface area contributed by atoms with Gasteiger partial charge in [0.1, 0.15) is 10.7 Å². The van der Waals surface area contributed by atoms with Gasteiger partial charge in [0.05, 0.1) is 0 Å². The summed E-state index contributed by atoms with van der Waals surface area (Å²) in [5.41, 5.74) is 5.60. The molecule has 1 atom stereocenters. The Morgan fingerprint density at radius 3 is 2.89 bits per heavy atom. The molecule has 0 fully saturated rings. The summed E-state index contributed by atoms with van der Waals surface area (Å²) in [6.45, 7) is 3.85. The van der Waals surface area contributed by atoms with Gasteiger partial charge < -0.3 is 5.73 Å². The minimum atomic E-state index is -3.62. The van der Waals surface area contributed by atoms with Crippen molar-refractivity contribution in [1.82, 2.24) is 9.71 Å². The minimum absolute atomic E-state index is 0.000967. The third kappa shape index (κ3) is 4.42. The number of hydrogen-bond acceptors (Lipinski definition) is 5. The molecule has 0 spiro atoms. The van der Waals surface area contributed by atoms with E-state index in [1.54, 1.807) is 11.8 Å². The van der Waals surface area contributed by atoms with Gasteiger partial charge in [0, 0.05) is 22.5 Å². The lowest BCUT2D eigenvalue weighted by atomic mass is 10.4. The van der Waals surface area contributed by atoms with E-state index in [4.69, 9.17) is 5.73 Å². The number of sulfonamides is 1. The Kier molecular flexibility index (Phi) is 5.90. The van der Waals surface area contributed by atoms with Crippen molar-refractivity contribution in [3.63, 3.8) is 0 Å². The highest BCUT2D eigenvalue weighted by molar-refractivity contribution is 9.10. The predicted molar refractivity (Wildman–Crippen MR) is 79.1 cm³/mol. The maximum atomic E-state index is 12.1. The van der Waals surface area contributed by atoms with Gasteiger partial charge in [-0.05, 0) is 34.7 Å². The molecule has 8 heteroatoms. The Morgan fingerprint density at radius 1 is 1.61 bits per heavy atom. The van der Waals surface area contributed by atoms with E-state index in [9.17, 15) is 8.42 Å². The van der Waals surface area contributed by atoms with Crippen LogP contribution in [0.4, 0.5) is 5.82 Å². The van der Waals surface area contributed by atoms with Crippen LogP contribution in [0.1, 0.15) is 13.8 Å². The predicted octanol–water partition coefficient (Wildman–Crippen LogP) is 1.85. The van der Waals surface area contributed by atoms with E-state index >= 15 is 0 Å². The van der Waals surface area contributed by atoms with E-state index in [1.165, 1.54) is 12.3 Å². The van der Waals surface area contributed by atoms with Gasteiger partial charge in [-0.3, -0.25) is 0 Å². The van der Waals surface area contributed by atoms with Crippen LogP contribution in [0.5, 0.6) is 0 Å². The second-order valence-corrected chi connectivity index (χ2v) is 7.64. The van der Waals surface area contributed by atoms with Gasteiger partial charge in [0.2, 0.25) is 10.0 Å². The highest BCUT2D eigenvalue weighted by atomic mass is 79.9. The molecule has 0 amide bonds. The smallest absolute Gasteiger partial charge is 0.244 e. The number of hydrogen-bond donors (Lipinski definition) is 2. The number of nitrogens with zero attached hydrogens (tertiary/aromatic N) is 1. The molecule has 1 unspecified atom stereocenters. The van der Waals surface area contributed by atoms with Crippen molar-refractivity contribution in [3.8, 4) is 0 Å². The van der Waals surface area contributed by atoms with Crippen molar-refractivity contribution >= 4 is 43.5 Å². The fourth-order valence-electron chi connectivity index (χ4n) is 1.30. The molecule has 3 N–H and O–H groups in total. The quantitative estimate of drug-likeness (QED) is 0.814. The van der Waals surface area contributed by atoms with Crippen LogP contribution in [0.3, 0.4) is 0 Å². The molecule has 18 heavy (non-hydrogen) atoms. The monoisotopic (exact) mass is 353 g/mol. The Morgan fingerprint density at radius 2 is 2.28 bits per heavy atom. The van der Waals surface area contributed by atoms with Crippen LogP contribution >= 0.6 is 27.7 Å². The molecule has 1 rings (SSSR count). The second-order valence-electron chi connectivity index (χ2n) is 3.72. The molecule has 0 bridgehead atoms. The van der Waals surface area contributed by atoms with Crippen LogP contribution in [0.15, 0.2) is 21.6 Å². The number of pyridine rings is 1. The number of aromatic nitrogens is 1. The Balaban J connectivity index is 2.89. The zero-order valence-electron chi connectivity index (χ0n) is 10.2. The fourth-order valence-corrected chi connectivity index (χ4v) is 3.91. The number of anilines is 1. The van der Waals surface area contributed by atoms with Crippen molar-refractivity contribution in [2.45, 2.75) is 24.8 Å². The van der Waals surface area contributed by atoms with Crippen molar-refractivity contribution in [2.75, 3.05) is 17.2 Å². The Bertz CT molecular complexity index is 508. The summed E-state index contributed by atoms with van der Waals surface area (Å²) in [6, 6.07) is 1.29. The first-order valence-electron chi connectivity index (χ1n) is 5.38. The number of nitrogen functional groups attached to an aromatic ring is 1. The number of rotatable bonds is 6. The van der Waals surface area contributed by atoms with Crippen LogP contribution < -0.4 is 10.5 Å². The second kappa shape index (κ2) is 6.74. The van der Waals surface area contributed by atoms with E-state index in [-0.39, 0.29) is 16.8 Å². The lowest BCUT2D eigenvalue weighted by Crippen LogP contribution is -2.34. The molecular formula is C10H16BrN3O2S2. The van der Waals surface area contributed by atoms with Crippen molar-refractivity contribution in [1.29, 1.82) is 0 Å². The minimum Gasteiger partial charge on any atom is -0.383 e. The number of thioether (sulfide) groups is 1. The summed E-state index contributed by atoms with van der Waals surface area (Å²) in [5, 5.41) is 0. The highest BCUT2D eigenvalue weighted by Crippen LogP contribution is 2.20. The van der Waals surface area contributed by atoms with Crippen molar-refractivity contribution in [3.05, 3.63) is 16.7 Å². The summed E-state index contributed by atoms with van der Waals surface area (Å²) in [6.07, 6.45) is 1.46. The average Bonchev–Trinajstić information content (AvgIpc) is 2.29. The topological polar surface area (TPSA) is 85.1 Å². The van der Waals surface area contributed by atoms with Gasteiger partial charge >= 0.3 is 0 Å². The van der Waals surface area contributed by atoms with Crippen LogP contribution in [0.2, 0.25) is 0 Å². The van der Waals surface area contributed by atoms with Crippen molar-refractivity contribution in [2.24, 2.45) is 0 Å². The first kappa shape index (κ1) is 15.7. The maximum Gasteiger partial charge on any atom is 0.244 e. The van der Waals surface area contributed by atoms with E-state index in [2.05, 4.69) is 25.6 Å². The zero-order chi connectivity index (χ0) is 13.8. The lowest BCUT2D eigenvalue weighted by molar-refractivity contribution is 0.571. The molecule has 0 radical (unpaired) electrons. The van der Waals surface area contributed by atoms with E-state index in [0.29, 0.717) is 4.47 Å². The van der Waals surface area contributed by atoms with Crippen molar-refractivity contribution < 1.29 is 8.42 Å². The number of nitrogens with one attached hydrogen (secondary N) is 1. The third-order valence-corrected chi connectivity index (χ3v) is 5.26. The molecule has 0 aromatic carbocycles. The summed E-state index contributed by atoms with van der Waals surface area (Å²) in [5.74, 6) is 1.67. The first-order valence-corrected chi connectivity index (χ1v) is 8.81. The number of nitrogens with two attached hydrogens (primary N) is 1. The molecule has 5 nitrogen and oxygen atoms in total. The first-order chi connectivity index (χ1) is 8.36. The zero-order valence-corrected chi connectivity index (χ0v) is 13.4. The maximum absolute atomic E-state index is 12.1. The van der Waals surface area contributed by atoms with E-state index in [0.717, 1.165) is 11.5 Å². The molecule has 0 aliphatic heterocycles. The largest absolute Gasteiger partial charge is 0.383 e. The fraction of sp³-hybridized carbons (Fsp3) is 0.500. The molecule has 0 aliphatic carbocycles. The molecule has 0 aliphatic rings.